The molecular weight excluding hydrogens is 372 g/mol. The molecule has 1 aromatic rings. The lowest BCUT2D eigenvalue weighted by Crippen LogP contribution is -2.46. The molecule has 3 nitrogen and oxygen atoms in total. The van der Waals surface area contributed by atoms with Gasteiger partial charge in [-0.3, -0.25) is 4.79 Å². The van der Waals surface area contributed by atoms with Crippen molar-refractivity contribution >= 4 is 37.8 Å². The molecule has 5 heteroatoms. The second kappa shape index (κ2) is 6.53. The van der Waals surface area contributed by atoms with Crippen LogP contribution in [0.4, 0.5) is 0 Å². The van der Waals surface area contributed by atoms with Crippen molar-refractivity contribution in [3.8, 4) is 6.07 Å². The van der Waals surface area contributed by atoms with Crippen molar-refractivity contribution in [2.45, 2.75) is 31.1 Å². The molecule has 0 saturated heterocycles. The molecule has 102 valence electrons. The van der Waals surface area contributed by atoms with Gasteiger partial charge in [0.05, 0.1) is 10.9 Å². The van der Waals surface area contributed by atoms with Crippen LogP contribution in [0.1, 0.15) is 26.3 Å². The molecule has 1 amide bonds. The van der Waals surface area contributed by atoms with Gasteiger partial charge in [-0.1, -0.05) is 57.8 Å². The number of nitrogens with zero attached hydrogens (tertiary/aromatic N) is 1. The molecule has 0 bridgehead atoms. The van der Waals surface area contributed by atoms with Crippen molar-refractivity contribution in [1.82, 2.24) is 5.32 Å². The fourth-order valence-corrected chi connectivity index (χ4v) is 1.94. The zero-order chi connectivity index (χ0) is 14.6. The lowest BCUT2D eigenvalue weighted by atomic mass is 9.93. The first kappa shape index (κ1) is 16.2. The van der Waals surface area contributed by atoms with Gasteiger partial charge in [-0.15, -0.1) is 0 Å². The van der Waals surface area contributed by atoms with E-state index in [1.165, 1.54) is 0 Å². The lowest BCUT2D eigenvalue weighted by Gasteiger charge is -2.26. The fraction of sp³-hybridized carbons (Fsp3) is 0.429. The smallest absolute Gasteiger partial charge is 0.235 e. The predicted octanol–water partition coefficient (Wildman–Crippen LogP) is 3.72. The van der Waals surface area contributed by atoms with E-state index in [2.05, 4.69) is 43.2 Å². The highest BCUT2D eigenvalue weighted by atomic mass is 79.9. The van der Waals surface area contributed by atoms with Crippen LogP contribution in [0.2, 0.25) is 0 Å². The number of halogens is 2. The van der Waals surface area contributed by atoms with E-state index in [4.69, 9.17) is 0 Å². The molecule has 0 heterocycles. The predicted molar refractivity (Wildman–Crippen MR) is 82.8 cm³/mol. The molecule has 0 aliphatic heterocycles. The van der Waals surface area contributed by atoms with Crippen LogP contribution in [0.15, 0.2) is 28.7 Å². The zero-order valence-electron chi connectivity index (χ0n) is 11.1. The van der Waals surface area contributed by atoms with Crippen LogP contribution in [0.25, 0.3) is 0 Å². The number of benzene rings is 1. The summed E-state index contributed by atoms with van der Waals surface area (Å²) in [4.78, 5) is 11.8. The lowest BCUT2D eigenvalue weighted by molar-refractivity contribution is -0.122. The van der Waals surface area contributed by atoms with Crippen molar-refractivity contribution in [2.75, 3.05) is 0 Å². The Morgan fingerprint density at radius 3 is 2.32 bits per heavy atom. The second-order valence-corrected chi connectivity index (χ2v) is 6.78. The minimum atomic E-state index is -1.03. The summed E-state index contributed by atoms with van der Waals surface area (Å²) >= 11 is 6.69. The van der Waals surface area contributed by atoms with Gasteiger partial charge >= 0.3 is 0 Å². The molecule has 0 aromatic heterocycles. The first-order valence-electron chi connectivity index (χ1n) is 5.93. The summed E-state index contributed by atoms with van der Waals surface area (Å²) in [6, 6.07) is 9.53. The van der Waals surface area contributed by atoms with Crippen molar-refractivity contribution in [2.24, 2.45) is 5.92 Å². The minimum absolute atomic E-state index is 0.160. The van der Waals surface area contributed by atoms with Crippen LogP contribution in [0, 0.1) is 17.2 Å². The van der Waals surface area contributed by atoms with Crippen LogP contribution in [0.3, 0.4) is 0 Å². The van der Waals surface area contributed by atoms with Crippen LogP contribution in [0.5, 0.6) is 0 Å². The highest BCUT2D eigenvalue weighted by molar-refractivity contribution is 9.10. The molecule has 0 fully saturated rings. The van der Waals surface area contributed by atoms with Gasteiger partial charge in [0.1, 0.15) is 5.54 Å². The number of hydrogen-bond acceptors (Lipinski definition) is 2. The van der Waals surface area contributed by atoms with Crippen molar-refractivity contribution in [3.05, 3.63) is 34.3 Å². The monoisotopic (exact) mass is 386 g/mol. The zero-order valence-corrected chi connectivity index (χ0v) is 14.2. The van der Waals surface area contributed by atoms with E-state index in [1.54, 1.807) is 6.92 Å². The SMILES string of the molecule is CC(C)C(Br)C(=O)NC(C)(C#N)c1ccc(Br)cc1. The molecule has 1 N–H and O–H groups in total. The van der Waals surface area contributed by atoms with Crippen LogP contribution >= 0.6 is 31.9 Å². The summed E-state index contributed by atoms with van der Waals surface area (Å²) in [7, 11) is 0. The quantitative estimate of drug-likeness (QED) is 0.800. The average molecular weight is 388 g/mol. The van der Waals surface area contributed by atoms with E-state index >= 15 is 0 Å². The summed E-state index contributed by atoms with van der Waals surface area (Å²) in [6.45, 7) is 5.60. The highest BCUT2D eigenvalue weighted by Crippen LogP contribution is 2.23. The number of nitriles is 1. The van der Waals surface area contributed by atoms with Crippen molar-refractivity contribution < 1.29 is 4.79 Å². The van der Waals surface area contributed by atoms with Gasteiger partial charge in [-0.25, -0.2) is 0 Å². The van der Waals surface area contributed by atoms with E-state index in [0.717, 1.165) is 10.0 Å². The Morgan fingerprint density at radius 2 is 1.89 bits per heavy atom. The molecule has 0 aliphatic rings. The molecule has 1 aromatic carbocycles. The van der Waals surface area contributed by atoms with Gasteiger partial charge in [0, 0.05) is 4.47 Å². The summed E-state index contributed by atoms with van der Waals surface area (Å²) in [5, 5.41) is 12.2. The fourth-order valence-electron chi connectivity index (χ4n) is 1.57. The number of hydrogen-bond donors (Lipinski definition) is 1. The first-order valence-corrected chi connectivity index (χ1v) is 7.64. The van der Waals surface area contributed by atoms with Gasteiger partial charge in [0.2, 0.25) is 5.91 Å². The standard InChI is InChI=1S/C14H16Br2N2O/c1-9(2)12(16)13(19)18-14(3,8-17)10-4-6-11(15)7-5-10/h4-7,9,12H,1-3H3,(H,18,19). The highest BCUT2D eigenvalue weighted by Gasteiger charge is 2.31. The summed E-state index contributed by atoms with van der Waals surface area (Å²) in [5.74, 6) is -0.0187. The number of nitrogens with one attached hydrogen (secondary N) is 1. The molecule has 2 atom stereocenters. The maximum Gasteiger partial charge on any atom is 0.235 e. The Bertz CT molecular complexity index is 493. The molecule has 0 spiro atoms. The third-order valence-electron chi connectivity index (χ3n) is 2.85. The van der Waals surface area contributed by atoms with Gasteiger partial charge in [0.25, 0.3) is 0 Å². The Kier molecular flexibility index (Phi) is 5.57. The maximum atomic E-state index is 12.1. The van der Waals surface area contributed by atoms with E-state index in [0.29, 0.717) is 0 Å². The first-order chi connectivity index (χ1) is 8.80. The van der Waals surface area contributed by atoms with Gasteiger partial charge in [0.15, 0.2) is 0 Å². The molecule has 0 saturated carbocycles. The third kappa shape index (κ3) is 4.05. The Morgan fingerprint density at radius 1 is 1.37 bits per heavy atom. The van der Waals surface area contributed by atoms with E-state index < -0.39 is 5.54 Å². The summed E-state index contributed by atoms with van der Waals surface area (Å²) < 4.78 is 0.934. The Hall–Kier alpha value is -0.860. The topological polar surface area (TPSA) is 52.9 Å². The normalized spacial score (nSPS) is 15.4. The van der Waals surface area contributed by atoms with E-state index in [-0.39, 0.29) is 16.7 Å². The van der Waals surface area contributed by atoms with Crippen LogP contribution in [-0.2, 0) is 10.3 Å². The molecule has 0 aliphatic carbocycles. The average Bonchev–Trinajstić information content (AvgIpc) is 2.38. The molecule has 1 rings (SSSR count). The molecule has 0 radical (unpaired) electrons. The van der Waals surface area contributed by atoms with Gasteiger partial charge in [-0.2, -0.15) is 5.26 Å². The number of carbonyl (C=O) groups is 1. The Labute approximate surface area is 130 Å². The summed E-state index contributed by atoms with van der Waals surface area (Å²) in [6.07, 6.45) is 0. The van der Waals surface area contributed by atoms with Crippen molar-refractivity contribution in [3.63, 3.8) is 0 Å². The number of rotatable bonds is 4. The molecule has 19 heavy (non-hydrogen) atoms. The van der Waals surface area contributed by atoms with Gasteiger partial charge < -0.3 is 5.32 Å². The van der Waals surface area contributed by atoms with Crippen LogP contribution in [-0.4, -0.2) is 10.7 Å². The number of amides is 1. The third-order valence-corrected chi connectivity index (χ3v) is 4.86. The van der Waals surface area contributed by atoms with E-state index in [1.807, 2.05) is 38.1 Å². The largest absolute Gasteiger partial charge is 0.333 e. The Balaban J connectivity index is 2.96. The number of carbonyl (C=O) groups excluding carboxylic acids is 1. The van der Waals surface area contributed by atoms with Crippen LogP contribution < -0.4 is 5.32 Å². The summed E-state index contributed by atoms with van der Waals surface area (Å²) in [5.41, 5.74) is -0.270. The van der Waals surface area contributed by atoms with Gasteiger partial charge in [-0.05, 0) is 30.5 Å². The van der Waals surface area contributed by atoms with Crippen molar-refractivity contribution in [1.29, 1.82) is 5.26 Å². The minimum Gasteiger partial charge on any atom is -0.333 e. The second-order valence-electron chi connectivity index (χ2n) is 4.88. The molecule has 2 unspecified atom stereocenters. The maximum absolute atomic E-state index is 12.1. The number of alkyl halides is 1. The van der Waals surface area contributed by atoms with E-state index in [9.17, 15) is 10.1 Å². The molecular formula is C14H16Br2N2O.